The van der Waals surface area contributed by atoms with E-state index in [2.05, 4.69) is 5.32 Å². The summed E-state index contributed by atoms with van der Waals surface area (Å²) in [5, 5.41) is 2.65. The summed E-state index contributed by atoms with van der Waals surface area (Å²) in [6, 6.07) is -1.00. The molecule has 6 heteroatoms. The van der Waals surface area contributed by atoms with Gasteiger partial charge in [-0.25, -0.2) is 4.79 Å². The second-order valence-electron chi connectivity index (χ2n) is 8.07. The molecule has 2 atom stereocenters. The van der Waals surface area contributed by atoms with E-state index in [9.17, 15) is 14.4 Å². The summed E-state index contributed by atoms with van der Waals surface area (Å²) in [6.45, 7) is 13.1. The molecule has 1 N–H and O–H groups in total. The van der Waals surface area contributed by atoms with Crippen LogP contribution in [0.5, 0.6) is 0 Å². The Hall–Kier alpha value is -1.85. The third-order valence-electron chi connectivity index (χ3n) is 3.92. The number of carbonyl (C=O) groups excluding carboxylic acids is 3. The number of amides is 3. The maximum Gasteiger partial charge on any atom is 0.408 e. The zero-order chi connectivity index (χ0) is 19.4. The quantitative estimate of drug-likeness (QED) is 0.795. The molecule has 0 unspecified atom stereocenters. The molecular weight excluding hydrogens is 320 g/mol. The van der Waals surface area contributed by atoms with Crippen LogP contribution in [0.25, 0.3) is 0 Å². The van der Waals surface area contributed by atoms with E-state index in [1.54, 1.807) is 20.8 Å². The maximum atomic E-state index is 13.0. The summed E-state index contributed by atoms with van der Waals surface area (Å²) in [5.74, 6) is -0.489. The van der Waals surface area contributed by atoms with E-state index in [-0.39, 0.29) is 23.8 Å². The summed E-state index contributed by atoms with van der Waals surface area (Å²) < 4.78 is 5.27. The molecular formula is C19H32N2O4. The van der Waals surface area contributed by atoms with Crippen LogP contribution in [0, 0.1) is 5.92 Å². The van der Waals surface area contributed by atoms with Crippen LogP contribution in [0.1, 0.15) is 67.7 Å². The Morgan fingerprint density at radius 3 is 2.40 bits per heavy atom. The van der Waals surface area contributed by atoms with Crippen molar-refractivity contribution in [1.29, 1.82) is 0 Å². The highest BCUT2D eigenvalue weighted by atomic mass is 16.6. The molecule has 0 spiro atoms. The normalized spacial score (nSPS) is 19.0. The Labute approximate surface area is 151 Å². The molecule has 0 aromatic carbocycles. The summed E-state index contributed by atoms with van der Waals surface area (Å²) in [4.78, 5) is 38.7. The first-order valence-corrected chi connectivity index (χ1v) is 9.01. The van der Waals surface area contributed by atoms with Crippen LogP contribution in [-0.4, -0.2) is 40.5 Å². The second-order valence-corrected chi connectivity index (χ2v) is 8.07. The van der Waals surface area contributed by atoms with E-state index in [1.165, 1.54) is 11.0 Å². The minimum absolute atomic E-state index is 0.181. The zero-order valence-corrected chi connectivity index (χ0v) is 16.5. The van der Waals surface area contributed by atoms with Gasteiger partial charge in [-0.2, -0.15) is 0 Å². The van der Waals surface area contributed by atoms with Gasteiger partial charge in [0.15, 0.2) is 0 Å². The lowest BCUT2D eigenvalue weighted by molar-refractivity contribution is -0.144. The van der Waals surface area contributed by atoms with Crippen molar-refractivity contribution in [3.63, 3.8) is 0 Å². The van der Waals surface area contributed by atoms with Gasteiger partial charge in [-0.15, -0.1) is 0 Å². The second kappa shape index (κ2) is 8.50. The van der Waals surface area contributed by atoms with Crippen molar-refractivity contribution in [2.75, 3.05) is 0 Å². The molecule has 0 saturated carbocycles. The number of ether oxygens (including phenoxy) is 1. The fourth-order valence-corrected chi connectivity index (χ4v) is 2.92. The molecule has 0 bridgehead atoms. The van der Waals surface area contributed by atoms with Gasteiger partial charge in [0.05, 0.1) is 6.04 Å². The predicted octanol–water partition coefficient (Wildman–Crippen LogP) is 3.41. The molecule has 0 aromatic heterocycles. The van der Waals surface area contributed by atoms with Crippen molar-refractivity contribution in [3.05, 3.63) is 11.6 Å². The van der Waals surface area contributed by atoms with Gasteiger partial charge in [0.25, 0.3) is 11.8 Å². The average molecular weight is 352 g/mol. The standard InChI is InChI=1S/C19H32N2O4/c1-8-9-15-13(4)11-16(22)21(15)17(23)14(10-12(2)3)20-18(24)25-19(5,6)7/h11-12,14-15H,8-10H2,1-7H3,(H,20,24)/t14-,15+/m1/s1. The smallest absolute Gasteiger partial charge is 0.408 e. The Balaban J connectivity index is 2.96. The van der Waals surface area contributed by atoms with Gasteiger partial charge in [0.2, 0.25) is 0 Å². The summed E-state index contributed by atoms with van der Waals surface area (Å²) in [6.07, 6.45) is 2.90. The van der Waals surface area contributed by atoms with Crippen LogP contribution in [-0.2, 0) is 14.3 Å². The lowest BCUT2D eigenvalue weighted by Gasteiger charge is -2.30. The zero-order valence-electron chi connectivity index (χ0n) is 16.5. The SMILES string of the molecule is CCC[C@H]1C(C)=CC(=O)N1C(=O)[C@@H](CC(C)C)NC(=O)OC(C)(C)C. The van der Waals surface area contributed by atoms with Gasteiger partial charge in [-0.1, -0.05) is 27.2 Å². The predicted molar refractivity (Wildman–Crippen MR) is 96.9 cm³/mol. The van der Waals surface area contributed by atoms with Crippen molar-refractivity contribution in [3.8, 4) is 0 Å². The molecule has 0 saturated heterocycles. The summed E-state index contributed by atoms with van der Waals surface area (Å²) in [5.41, 5.74) is 0.239. The number of hydrogen-bond acceptors (Lipinski definition) is 4. The monoisotopic (exact) mass is 352 g/mol. The lowest BCUT2D eigenvalue weighted by atomic mass is 10.0. The summed E-state index contributed by atoms with van der Waals surface area (Å²) >= 11 is 0. The fraction of sp³-hybridized carbons (Fsp3) is 0.737. The highest BCUT2D eigenvalue weighted by molar-refractivity contribution is 6.06. The maximum absolute atomic E-state index is 13.0. The third kappa shape index (κ3) is 6.18. The number of nitrogens with zero attached hydrogens (tertiary/aromatic N) is 1. The third-order valence-corrected chi connectivity index (χ3v) is 3.92. The largest absolute Gasteiger partial charge is 0.444 e. The Kier molecular flexibility index (Phi) is 7.20. The number of nitrogens with one attached hydrogen (secondary N) is 1. The van der Waals surface area contributed by atoms with E-state index < -0.39 is 17.7 Å². The molecule has 1 heterocycles. The van der Waals surface area contributed by atoms with E-state index in [0.717, 1.165) is 18.4 Å². The van der Waals surface area contributed by atoms with Crippen molar-refractivity contribution >= 4 is 17.9 Å². The number of alkyl carbamates (subject to hydrolysis) is 1. The van der Waals surface area contributed by atoms with Crippen LogP contribution in [0.15, 0.2) is 11.6 Å². The van der Waals surface area contributed by atoms with Gasteiger partial charge < -0.3 is 10.1 Å². The minimum Gasteiger partial charge on any atom is -0.444 e. The summed E-state index contributed by atoms with van der Waals surface area (Å²) in [7, 11) is 0. The van der Waals surface area contributed by atoms with E-state index in [4.69, 9.17) is 4.74 Å². The molecule has 1 aliphatic rings. The topological polar surface area (TPSA) is 75.7 Å². The first-order valence-electron chi connectivity index (χ1n) is 9.01. The number of rotatable bonds is 6. The molecule has 25 heavy (non-hydrogen) atoms. The first kappa shape index (κ1) is 21.2. The Morgan fingerprint density at radius 1 is 1.32 bits per heavy atom. The lowest BCUT2D eigenvalue weighted by Crippen LogP contribution is -2.53. The molecule has 142 valence electrons. The van der Waals surface area contributed by atoms with Crippen molar-refractivity contribution < 1.29 is 19.1 Å². The van der Waals surface area contributed by atoms with Crippen LogP contribution < -0.4 is 5.32 Å². The van der Waals surface area contributed by atoms with E-state index >= 15 is 0 Å². The molecule has 1 aliphatic heterocycles. The Morgan fingerprint density at radius 2 is 1.92 bits per heavy atom. The van der Waals surface area contributed by atoms with Gasteiger partial charge in [-0.05, 0) is 52.0 Å². The van der Waals surface area contributed by atoms with Gasteiger partial charge in [0, 0.05) is 6.08 Å². The van der Waals surface area contributed by atoms with Crippen LogP contribution in [0.3, 0.4) is 0 Å². The van der Waals surface area contributed by atoms with Gasteiger partial charge in [-0.3, -0.25) is 14.5 Å². The first-order chi connectivity index (χ1) is 11.5. The van der Waals surface area contributed by atoms with Gasteiger partial charge >= 0.3 is 6.09 Å². The van der Waals surface area contributed by atoms with Crippen molar-refractivity contribution in [2.24, 2.45) is 5.92 Å². The van der Waals surface area contributed by atoms with Crippen molar-refractivity contribution in [1.82, 2.24) is 10.2 Å². The van der Waals surface area contributed by atoms with Crippen LogP contribution >= 0.6 is 0 Å². The number of carbonyl (C=O) groups is 3. The van der Waals surface area contributed by atoms with Crippen LogP contribution in [0.2, 0.25) is 0 Å². The fourth-order valence-electron chi connectivity index (χ4n) is 2.92. The highest BCUT2D eigenvalue weighted by Crippen LogP contribution is 2.25. The Bertz CT molecular complexity index is 546. The minimum atomic E-state index is -0.780. The molecule has 0 aliphatic carbocycles. The average Bonchev–Trinajstić information content (AvgIpc) is 2.69. The van der Waals surface area contributed by atoms with E-state index in [1.807, 2.05) is 27.7 Å². The molecule has 3 amide bonds. The molecule has 0 radical (unpaired) electrons. The molecule has 0 aromatic rings. The number of imide groups is 1. The molecule has 6 nitrogen and oxygen atoms in total. The van der Waals surface area contributed by atoms with Crippen LogP contribution in [0.4, 0.5) is 4.79 Å². The molecule has 1 rings (SSSR count). The van der Waals surface area contributed by atoms with Gasteiger partial charge in [0.1, 0.15) is 11.6 Å². The van der Waals surface area contributed by atoms with Crippen molar-refractivity contribution in [2.45, 2.75) is 85.4 Å². The number of hydrogen-bond donors (Lipinski definition) is 1. The highest BCUT2D eigenvalue weighted by Gasteiger charge is 2.39. The van der Waals surface area contributed by atoms with E-state index in [0.29, 0.717) is 6.42 Å². The molecule has 0 fully saturated rings.